The van der Waals surface area contributed by atoms with Crippen LogP contribution < -0.4 is 0 Å². The van der Waals surface area contributed by atoms with Crippen molar-refractivity contribution in [3.8, 4) is 0 Å². The van der Waals surface area contributed by atoms with Crippen LogP contribution in [0.3, 0.4) is 0 Å². The highest BCUT2D eigenvalue weighted by atomic mass is 16.5. The van der Waals surface area contributed by atoms with Crippen LogP contribution in [-0.4, -0.2) is 17.0 Å². The summed E-state index contributed by atoms with van der Waals surface area (Å²) in [6, 6.07) is 9.12. The summed E-state index contributed by atoms with van der Waals surface area (Å²) < 4.78 is 5.01. The van der Waals surface area contributed by atoms with E-state index in [4.69, 9.17) is 10.3 Å². The molecule has 0 aliphatic carbocycles. The number of hydrogen-bond acceptors (Lipinski definition) is 2. The molecule has 1 unspecified atom stereocenters. The van der Waals surface area contributed by atoms with Crippen LogP contribution in [0.5, 0.6) is 0 Å². The van der Waals surface area contributed by atoms with Gasteiger partial charge >= 0.3 is 12.2 Å². The molecule has 1 atom stereocenters. The van der Waals surface area contributed by atoms with Gasteiger partial charge in [-0.15, -0.1) is 5.73 Å². The van der Waals surface area contributed by atoms with Gasteiger partial charge in [-0.1, -0.05) is 36.9 Å². The Morgan fingerprint density at radius 2 is 2.19 bits per heavy atom. The summed E-state index contributed by atoms with van der Waals surface area (Å²) in [6.07, 6.45) is 1.62. The molecule has 0 aromatic heterocycles. The smallest absolute Gasteiger partial charge is 0.414 e. The maximum absolute atomic E-state index is 11.1. The third-order valence-electron chi connectivity index (χ3n) is 1.80. The minimum absolute atomic E-state index is 0.579. The molecule has 4 nitrogen and oxygen atoms in total. The fourth-order valence-electron chi connectivity index (χ4n) is 1.15. The Hall–Kier alpha value is -2.41. The van der Waals surface area contributed by atoms with Crippen LogP contribution in [0.2, 0.25) is 0 Å². The molecule has 0 spiro atoms. The summed E-state index contributed by atoms with van der Waals surface area (Å²) in [6.45, 7) is 3.42. The van der Waals surface area contributed by atoms with Crippen molar-refractivity contribution in [3.63, 3.8) is 0 Å². The quantitative estimate of drug-likeness (QED) is 0.253. The zero-order chi connectivity index (χ0) is 11.8. The largest absolute Gasteiger partial charge is 0.444 e. The van der Waals surface area contributed by atoms with Crippen LogP contribution in [0.4, 0.5) is 0 Å². The molecule has 16 heavy (non-hydrogen) atoms. The Morgan fingerprint density at radius 3 is 2.75 bits per heavy atom. The summed E-state index contributed by atoms with van der Waals surface area (Å²) in [7, 11) is 0. The molecule has 1 aromatic rings. The van der Waals surface area contributed by atoms with E-state index in [-0.39, 0.29) is 0 Å². The number of carbonyl (C=O) groups excluding carboxylic acids is 1. The molecule has 0 saturated heterocycles. The maximum Gasteiger partial charge on any atom is 0.414 e. The number of benzene rings is 1. The van der Waals surface area contributed by atoms with Gasteiger partial charge in [-0.05, 0) is 5.56 Å². The molecule has 0 N–H and O–H groups in total. The summed E-state index contributed by atoms with van der Waals surface area (Å²) in [4.78, 5) is 13.7. The van der Waals surface area contributed by atoms with Gasteiger partial charge in [0.25, 0.3) is 0 Å². The van der Waals surface area contributed by atoms with Crippen LogP contribution in [-0.2, 0) is 9.53 Å². The van der Waals surface area contributed by atoms with E-state index in [1.165, 1.54) is 6.08 Å². The van der Waals surface area contributed by atoms with E-state index < -0.39 is 12.1 Å². The Bertz CT molecular complexity index is 455. The molecule has 1 aromatic carbocycles. The van der Waals surface area contributed by atoms with E-state index in [0.29, 0.717) is 6.21 Å². The van der Waals surface area contributed by atoms with Crippen LogP contribution in [0.25, 0.3) is 5.53 Å². The number of ether oxygens (including phenoxy) is 1. The maximum atomic E-state index is 11.1. The van der Waals surface area contributed by atoms with Crippen molar-refractivity contribution in [2.24, 2.45) is 0 Å². The third-order valence-corrected chi connectivity index (χ3v) is 1.80. The molecule has 0 saturated carbocycles. The summed E-state index contributed by atoms with van der Waals surface area (Å²) in [5.41, 5.74) is 11.5. The second kappa shape index (κ2) is 6.14. The fourth-order valence-corrected chi connectivity index (χ4v) is 1.15. The molecule has 4 heteroatoms. The van der Waals surface area contributed by atoms with Crippen LogP contribution in [0.1, 0.15) is 11.7 Å². The average molecular weight is 214 g/mol. The van der Waals surface area contributed by atoms with Crippen molar-refractivity contribution in [2.45, 2.75) is 6.10 Å². The number of carbonyl (C=O) groups is 1. The molecule has 0 heterocycles. The lowest BCUT2D eigenvalue weighted by atomic mass is 10.1. The van der Waals surface area contributed by atoms with Crippen LogP contribution >= 0.6 is 0 Å². The lowest BCUT2D eigenvalue weighted by Crippen LogP contribution is -2.10. The SMILES string of the molecule is C=C=CC(OC(=O)C=[N+]=[N-])c1ccccc1. The lowest BCUT2D eigenvalue weighted by Gasteiger charge is -2.10. The van der Waals surface area contributed by atoms with Gasteiger partial charge in [-0.3, -0.25) is 0 Å². The predicted octanol–water partition coefficient (Wildman–Crippen LogP) is 1.91. The van der Waals surface area contributed by atoms with Crippen LogP contribution in [0.15, 0.2) is 48.7 Å². The van der Waals surface area contributed by atoms with Gasteiger partial charge in [0.15, 0.2) is 6.10 Å². The highest BCUT2D eigenvalue weighted by Gasteiger charge is 2.14. The van der Waals surface area contributed by atoms with Gasteiger partial charge in [-0.25, -0.2) is 4.79 Å². The zero-order valence-electron chi connectivity index (χ0n) is 8.54. The number of rotatable bonds is 4. The van der Waals surface area contributed by atoms with Gasteiger partial charge in [0.1, 0.15) is 0 Å². The van der Waals surface area contributed by atoms with Gasteiger partial charge in [0.2, 0.25) is 0 Å². The minimum atomic E-state index is -0.733. The number of hydrogen-bond donors (Lipinski definition) is 0. The molecule has 80 valence electrons. The van der Waals surface area contributed by atoms with Crippen molar-refractivity contribution in [1.82, 2.24) is 0 Å². The van der Waals surface area contributed by atoms with Gasteiger partial charge < -0.3 is 10.3 Å². The van der Waals surface area contributed by atoms with Crippen molar-refractivity contribution in [3.05, 3.63) is 59.8 Å². The Morgan fingerprint density at radius 1 is 1.50 bits per heavy atom. The fraction of sp³-hybridized carbons (Fsp3) is 0.0833. The Kier molecular flexibility index (Phi) is 4.48. The molecular weight excluding hydrogens is 204 g/mol. The second-order valence-corrected chi connectivity index (χ2v) is 2.88. The van der Waals surface area contributed by atoms with Crippen molar-refractivity contribution < 1.29 is 14.3 Å². The van der Waals surface area contributed by atoms with E-state index in [2.05, 4.69) is 17.1 Å². The topological polar surface area (TPSA) is 62.7 Å². The Labute approximate surface area is 93.1 Å². The number of esters is 1. The number of nitrogens with zero attached hydrogens (tertiary/aromatic N) is 2. The lowest BCUT2D eigenvalue weighted by molar-refractivity contribution is -0.142. The normalized spacial score (nSPS) is 10.5. The minimum Gasteiger partial charge on any atom is -0.444 e. The molecule has 0 fully saturated rings. The van der Waals surface area contributed by atoms with Crippen molar-refractivity contribution in [2.75, 3.05) is 0 Å². The highest BCUT2D eigenvalue weighted by molar-refractivity contribution is 6.20. The zero-order valence-corrected chi connectivity index (χ0v) is 8.54. The molecule has 1 rings (SSSR count). The highest BCUT2D eigenvalue weighted by Crippen LogP contribution is 2.17. The molecule has 0 bridgehead atoms. The first-order valence-electron chi connectivity index (χ1n) is 4.57. The van der Waals surface area contributed by atoms with Crippen molar-refractivity contribution in [1.29, 1.82) is 0 Å². The van der Waals surface area contributed by atoms with Gasteiger partial charge in [0.05, 0.1) is 0 Å². The van der Waals surface area contributed by atoms with E-state index >= 15 is 0 Å². The van der Waals surface area contributed by atoms with E-state index in [9.17, 15) is 4.79 Å². The summed E-state index contributed by atoms with van der Waals surface area (Å²) in [5.74, 6) is -0.733. The summed E-state index contributed by atoms with van der Waals surface area (Å²) >= 11 is 0. The average Bonchev–Trinajstić information content (AvgIpc) is 2.30. The summed E-state index contributed by atoms with van der Waals surface area (Å²) in [5, 5.41) is 0. The van der Waals surface area contributed by atoms with Gasteiger partial charge in [0, 0.05) is 6.08 Å². The van der Waals surface area contributed by atoms with E-state index in [1.54, 1.807) is 0 Å². The van der Waals surface area contributed by atoms with Crippen LogP contribution in [0, 0.1) is 0 Å². The monoisotopic (exact) mass is 214 g/mol. The molecule has 0 aliphatic rings. The van der Waals surface area contributed by atoms with E-state index in [1.807, 2.05) is 30.3 Å². The second-order valence-electron chi connectivity index (χ2n) is 2.88. The van der Waals surface area contributed by atoms with Gasteiger partial charge in [-0.2, -0.15) is 4.79 Å². The molecule has 0 aliphatic heterocycles. The molecule has 0 amide bonds. The standard InChI is InChI=1S/C12H10N2O2/c1-2-6-11(16-12(15)9-14-13)10-7-4-3-5-8-10/h3-9,11H,1H2. The first-order valence-corrected chi connectivity index (χ1v) is 4.57. The molecule has 0 radical (unpaired) electrons. The van der Waals surface area contributed by atoms with E-state index in [0.717, 1.165) is 5.56 Å². The van der Waals surface area contributed by atoms with Crippen molar-refractivity contribution >= 4 is 12.2 Å². The first kappa shape index (κ1) is 11.7. The third kappa shape index (κ3) is 3.39. The first-order chi connectivity index (χ1) is 7.77. The predicted molar refractivity (Wildman–Crippen MR) is 58.7 cm³/mol. The Balaban J connectivity index is 2.88. The molecular formula is C12H10N2O2.